The zero-order chi connectivity index (χ0) is 35.3. The molecule has 0 fully saturated rings. The summed E-state index contributed by atoms with van der Waals surface area (Å²) in [7, 11) is 0. The van der Waals surface area contributed by atoms with Crippen molar-refractivity contribution in [3.05, 3.63) is 189 Å². The number of nitrogens with zero attached hydrogens (tertiary/aromatic N) is 6. The van der Waals surface area contributed by atoms with Crippen molar-refractivity contribution in [2.24, 2.45) is 0 Å². The Morgan fingerprint density at radius 1 is 0.385 bits per heavy atom. The molecule has 5 heterocycles. The SMILES string of the molecule is O=c1[nH][nH]c(=O)c2cc3c(CN(Cc4ccccn4)Cc4ccccn4)c4ccccc4c(CN(Cc4ccccn4)Cc4ccccn4)c3cc12. The second-order valence-corrected chi connectivity index (χ2v) is 12.9. The molecular formula is C42H36N8O2. The molecule has 0 aliphatic carbocycles. The minimum atomic E-state index is -0.345. The summed E-state index contributed by atoms with van der Waals surface area (Å²) in [6.45, 7) is 3.44. The third-order valence-electron chi connectivity index (χ3n) is 9.37. The van der Waals surface area contributed by atoms with Gasteiger partial charge in [0.1, 0.15) is 0 Å². The largest absolute Gasteiger partial charge is 0.287 e. The number of fused-ring (bicyclic) bond motifs is 3. The Kier molecular flexibility index (Phi) is 9.38. The van der Waals surface area contributed by atoms with Crippen LogP contribution in [0.5, 0.6) is 0 Å². The maximum absolute atomic E-state index is 13.2. The number of H-pyrrole nitrogens is 2. The average Bonchev–Trinajstić information content (AvgIpc) is 3.18. The molecule has 0 radical (unpaired) electrons. The Morgan fingerprint density at radius 2 is 0.712 bits per heavy atom. The van der Waals surface area contributed by atoms with Crippen LogP contribution in [0.4, 0.5) is 0 Å². The number of aromatic nitrogens is 6. The summed E-state index contributed by atoms with van der Waals surface area (Å²) in [4.78, 5) is 49.7. The summed E-state index contributed by atoms with van der Waals surface area (Å²) in [5, 5.41) is 9.74. The third kappa shape index (κ3) is 7.11. The minimum absolute atomic E-state index is 0.345. The fraction of sp³-hybridized carbons (Fsp3) is 0.143. The van der Waals surface area contributed by atoms with E-state index in [0.29, 0.717) is 50.0 Å². The van der Waals surface area contributed by atoms with Crippen LogP contribution >= 0.6 is 0 Å². The zero-order valence-electron chi connectivity index (χ0n) is 28.4. The predicted octanol–water partition coefficient (Wildman–Crippen LogP) is 6.51. The summed E-state index contributed by atoms with van der Waals surface area (Å²) in [6.07, 6.45) is 7.24. The van der Waals surface area contributed by atoms with Gasteiger partial charge in [-0.1, -0.05) is 48.5 Å². The van der Waals surface area contributed by atoms with Crippen molar-refractivity contribution in [3.63, 3.8) is 0 Å². The molecule has 5 aromatic heterocycles. The van der Waals surface area contributed by atoms with Gasteiger partial charge in [0.2, 0.25) is 0 Å². The van der Waals surface area contributed by atoms with Crippen molar-refractivity contribution in [2.75, 3.05) is 0 Å². The first-order valence-electron chi connectivity index (χ1n) is 17.2. The number of hydrogen-bond acceptors (Lipinski definition) is 8. The summed E-state index contributed by atoms with van der Waals surface area (Å²) in [5.74, 6) is 0. The maximum atomic E-state index is 13.2. The highest BCUT2D eigenvalue weighted by molar-refractivity contribution is 6.10. The molecule has 0 spiro atoms. The van der Waals surface area contributed by atoms with E-state index >= 15 is 0 Å². The van der Waals surface area contributed by atoms with Gasteiger partial charge in [-0.3, -0.25) is 49.5 Å². The standard InChI is InChI=1S/C42H36N8O2/c51-41-37-21-35-36(22-38(37)42(52)48-47-41)40(28-50(25-31-13-5-9-19-45-31)26-32-14-6-10-20-46-32)34-16-2-1-15-33(34)39(35)27-49(23-29-11-3-7-17-43-29)24-30-12-4-8-18-44-30/h1-22H,23-28H2,(H,47,51)(H,48,52). The van der Waals surface area contributed by atoms with Gasteiger partial charge in [0.25, 0.3) is 11.1 Å². The van der Waals surface area contributed by atoms with E-state index in [9.17, 15) is 9.59 Å². The fourth-order valence-electron chi connectivity index (χ4n) is 7.03. The topological polar surface area (TPSA) is 124 Å². The van der Waals surface area contributed by atoms with Crippen LogP contribution in [-0.2, 0) is 39.3 Å². The van der Waals surface area contributed by atoms with Crippen molar-refractivity contribution in [3.8, 4) is 0 Å². The molecule has 3 aromatic carbocycles. The van der Waals surface area contributed by atoms with Crippen molar-refractivity contribution in [1.29, 1.82) is 0 Å². The Bertz CT molecular complexity index is 2320. The van der Waals surface area contributed by atoms with Gasteiger partial charge in [0.05, 0.1) is 33.5 Å². The van der Waals surface area contributed by atoms with E-state index in [0.717, 1.165) is 55.4 Å². The third-order valence-corrected chi connectivity index (χ3v) is 9.37. The van der Waals surface area contributed by atoms with Crippen LogP contribution in [0, 0.1) is 0 Å². The number of hydrogen-bond donors (Lipinski definition) is 2. The van der Waals surface area contributed by atoms with Crippen LogP contribution < -0.4 is 11.1 Å². The molecule has 8 rings (SSSR count). The van der Waals surface area contributed by atoms with Crippen molar-refractivity contribution in [1.82, 2.24) is 39.9 Å². The molecule has 10 nitrogen and oxygen atoms in total. The van der Waals surface area contributed by atoms with Gasteiger partial charge in [-0.25, -0.2) is 0 Å². The summed E-state index contributed by atoms with van der Waals surface area (Å²) in [6, 6.07) is 36.0. The Balaban J connectivity index is 1.33. The summed E-state index contributed by atoms with van der Waals surface area (Å²) < 4.78 is 0. The van der Waals surface area contributed by atoms with Gasteiger partial charge in [0, 0.05) is 64.1 Å². The highest BCUT2D eigenvalue weighted by Gasteiger charge is 2.21. The molecule has 2 N–H and O–H groups in total. The molecule has 10 heteroatoms. The van der Waals surface area contributed by atoms with Gasteiger partial charge in [-0.05, 0) is 93.3 Å². The highest BCUT2D eigenvalue weighted by Crippen LogP contribution is 2.37. The van der Waals surface area contributed by atoms with E-state index in [-0.39, 0.29) is 11.1 Å². The van der Waals surface area contributed by atoms with Gasteiger partial charge >= 0.3 is 0 Å². The number of benzene rings is 3. The summed E-state index contributed by atoms with van der Waals surface area (Å²) >= 11 is 0. The van der Waals surface area contributed by atoms with Crippen LogP contribution in [0.15, 0.2) is 144 Å². The van der Waals surface area contributed by atoms with Gasteiger partial charge in [0.15, 0.2) is 0 Å². The molecule has 52 heavy (non-hydrogen) atoms. The fourth-order valence-corrected chi connectivity index (χ4v) is 7.03. The molecule has 0 atom stereocenters. The number of pyridine rings is 4. The van der Waals surface area contributed by atoms with Gasteiger partial charge in [-0.15, -0.1) is 0 Å². The summed E-state index contributed by atoms with van der Waals surface area (Å²) in [5.41, 5.74) is 5.19. The van der Waals surface area contributed by atoms with Gasteiger partial charge in [-0.2, -0.15) is 0 Å². The van der Waals surface area contributed by atoms with E-state index in [2.05, 4.69) is 64.2 Å². The molecule has 0 bridgehead atoms. The van der Waals surface area contributed by atoms with E-state index in [1.807, 2.05) is 110 Å². The second-order valence-electron chi connectivity index (χ2n) is 12.9. The molecule has 0 aliphatic heterocycles. The van der Waals surface area contributed by atoms with Crippen molar-refractivity contribution in [2.45, 2.75) is 39.3 Å². The zero-order valence-corrected chi connectivity index (χ0v) is 28.4. The molecule has 0 saturated heterocycles. The van der Waals surface area contributed by atoms with Crippen LogP contribution in [0.3, 0.4) is 0 Å². The molecule has 8 aromatic rings. The maximum Gasteiger partial charge on any atom is 0.270 e. The van der Waals surface area contributed by atoms with Crippen LogP contribution in [0.25, 0.3) is 32.3 Å². The quantitative estimate of drug-likeness (QED) is 0.140. The van der Waals surface area contributed by atoms with E-state index in [4.69, 9.17) is 0 Å². The predicted molar refractivity (Wildman–Crippen MR) is 203 cm³/mol. The first-order valence-corrected chi connectivity index (χ1v) is 17.2. The lowest BCUT2D eigenvalue weighted by atomic mass is 9.89. The average molecular weight is 685 g/mol. The molecule has 0 unspecified atom stereocenters. The minimum Gasteiger partial charge on any atom is -0.287 e. The van der Waals surface area contributed by atoms with E-state index in [1.54, 1.807) is 0 Å². The van der Waals surface area contributed by atoms with E-state index < -0.39 is 0 Å². The van der Waals surface area contributed by atoms with Crippen molar-refractivity contribution < 1.29 is 0 Å². The van der Waals surface area contributed by atoms with Crippen LogP contribution in [0.1, 0.15) is 33.9 Å². The Morgan fingerprint density at radius 3 is 1.02 bits per heavy atom. The highest BCUT2D eigenvalue weighted by atomic mass is 16.1. The van der Waals surface area contributed by atoms with Crippen LogP contribution in [0.2, 0.25) is 0 Å². The van der Waals surface area contributed by atoms with E-state index in [1.165, 1.54) is 0 Å². The lowest BCUT2D eigenvalue weighted by Crippen LogP contribution is -2.25. The molecule has 0 saturated carbocycles. The first-order chi connectivity index (χ1) is 25.6. The number of aromatic amines is 2. The van der Waals surface area contributed by atoms with Crippen LogP contribution in [-0.4, -0.2) is 39.9 Å². The molecule has 0 amide bonds. The van der Waals surface area contributed by atoms with Gasteiger partial charge < -0.3 is 0 Å². The number of rotatable bonds is 12. The molecule has 0 aliphatic rings. The van der Waals surface area contributed by atoms with Crippen molar-refractivity contribution >= 4 is 32.3 Å². The smallest absolute Gasteiger partial charge is 0.270 e. The monoisotopic (exact) mass is 684 g/mol. The number of nitrogens with one attached hydrogen (secondary N) is 2. The molecular weight excluding hydrogens is 649 g/mol. The lowest BCUT2D eigenvalue weighted by molar-refractivity contribution is 0.242. The Hall–Kier alpha value is -6.36. The lowest BCUT2D eigenvalue weighted by Gasteiger charge is -2.27. The second kappa shape index (κ2) is 14.9. The first kappa shape index (κ1) is 32.8. The Labute approximate surface area is 299 Å². The molecule has 256 valence electrons. The normalized spacial score (nSPS) is 11.7.